The average molecular weight is 256 g/mol. The van der Waals surface area contributed by atoms with Crippen molar-refractivity contribution in [2.45, 2.75) is 59.2 Å². The van der Waals surface area contributed by atoms with Gasteiger partial charge in [0, 0.05) is 38.3 Å². The minimum absolute atomic E-state index is 0.540. The molecule has 0 amide bonds. The molecule has 3 nitrogen and oxygen atoms in total. The van der Waals surface area contributed by atoms with Crippen LogP contribution in [-0.2, 0) is 4.74 Å². The molecule has 1 fully saturated rings. The van der Waals surface area contributed by atoms with E-state index in [2.05, 4.69) is 44.8 Å². The van der Waals surface area contributed by atoms with Gasteiger partial charge in [-0.1, -0.05) is 34.6 Å². The Labute approximate surface area is 113 Å². The molecule has 0 aromatic rings. The van der Waals surface area contributed by atoms with Crippen molar-refractivity contribution in [3.05, 3.63) is 0 Å². The van der Waals surface area contributed by atoms with Crippen LogP contribution in [0.2, 0.25) is 0 Å². The lowest BCUT2D eigenvalue weighted by molar-refractivity contribution is -0.00286. The normalized spacial score (nSPS) is 28.0. The first-order valence-corrected chi connectivity index (χ1v) is 7.49. The van der Waals surface area contributed by atoms with E-state index in [1.165, 1.54) is 6.42 Å². The molecule has 3 atom stereocenters. The first-order chi connectivity index (χ1) is 8.51. The molecule has 1 N–H and O–H groups in total. The van der Waals surface area contributed by atoms with E-state index in [0.717, 1.165) is 19.7 Å². The van der Waals surface area contributed by atoms with Crippen molar-refractivity contribution in [2.24, 2.45) is 11.8 Å². The third kappa shape index (κ3) is 3.94. The molecule has 0 aromatic heterocycles. The van der Waals surface area contributed by atoms with Gasteiger partial charge >= 0.3 is 0 Å². The third-order valence-electron chi connectivity index (χ3n) is 4.27. The smallest absolute Gasteiger partial charge is 0.0620 e. The van der Waals surface area contributed by atoms with Crippen LogP contribution < -0.4 is 5.32 Å². The fourth-order valence-electron chi connectivity index (χ4n) is 2.97. The van der Waals surface area contributed by atoms with E-state index in [9.17, 15) is 0 Å². The molecule has 1 saturated heterocycles. The SMILES string of the molecule is CCC1CN(C(COC)C(C)C)C(C(C)C)CN1. The molecule has 1 aliphatic heterocycles. The largest absolute Gasteiger partial charge is 0.383 e. The molecule has 0 bridgehead atoms. The minimum Gasteiger partial charge on any atom is -0.383 e. The zero-order valence-corrected chi connectivity index (χ0v) is 13.1. The summed E-state index contributed by atoms with van der Waals surface area (Å²) in [6.45, 7) is 14.7. The van der Waals surface area contributed by atoms with Crippen LogP contribution in [0.15, 0.2) is 0 Å². The van der Waals surface area contributed by atoms with Crippen molar-refractivity contribution in [1.29, 1.82) is 0 Å². The summed E-state index contributed by atoms with van der Waals surface area (Å²) in [5, 5.41) is 3.68. The number of hydrogen-bond acceptors (Lipinski definition) is 3. The summed E-state index contributed by atoms with van der Waals surface area (Å²) in [5.41, 5.74) is 0. The first-order valence-electron chi connectivity index (χ1n) is 7.49. The average Bonchev–Trinajstić information content (AvgIpc) is 2.34. The van der Waals surface area contributed by atoms with E-state index in [-0.39, 0.29) is 0 Å². The Morgan fingerprint density at radius 1 is 1.28 bits per heavy atom. The monoisotopic (exact) mass is 256 g/mol. The maximum absolute atomic E-state index is 5.45. The maximum Gasteiger partial charge on any atom is 0.0620 e. The number of rotatable bonds is 6. The molecule has 1 heterocycles. The molecule has 18 heavy (non-hydrogen) atoms. The molecule has 3 unspecified atom stereocenters. The van der Waals surface area contributed by atoms with Gasteiger partial charge in [0.2, 0.25) is 0 Å². The quantitative estimate of drug-likeness (QED) is 0.789. The van der Waals surface area contributed by atoms with Gasteiger partial charge < -0.3 is 10.1 Å². The molecular formula is C15H32N2O. The van der Waals surface area contributed by atoms with Gasteiger partial charge in [0.1, 0.15) is 0 Å². The van der Waals surface area contributed by atoms with Crippen LogP contribution >= 0.6 is 0 Å². The second-order valence-electron chi connectivity index (χ2n) is 6.29. The van der Waals surface area contributed by atoms with Gasteiger partial charge in [0.25, 0.3) is 0 Å². The summed E-state index contributed by atoms with van der Waals surface area (Å²) in [6.07, 6.45) is 1.21. The van der Waals surface area contributed by atoms with E-state index in [1.54, 1.807) is 0 Å². The van der Waals surface area contributed by atoms with Crippen LogP contribution in [-0.4, -0.2) is 49.8 Å². The van der Waals surface area contributed by atoms with Crippen molar-refractivity contribution >= 4 is 0 Å². The van der Waals surface area contributed by atoms with Crippen molar-refractivity contribution < 1.29 is 4.74 Å². The van der Waals surface area contributed by atoms with Gasteiger partial charge in [0.15, 0.2) is 0 Å². The van der Waals surface area contributed by atoms with Crippen LogP contribution in [0.3, 0.4) is 0 Å². The Morgan fingerprint density at radius 2 is 1.94 bits per heavy atom. The summed E-state index contributed by atoms with van der Waals surface area (Å²) in [5.74, 6) is 1.33. The topological polar surface area (TPSA) is 24.5 Å². The van der Waals surface area contributed by atoms with Crippen molar-refractivity contribution in [2.75, 3.05) is 26.8 Å². The van der Waals surface area contributed by atoms with Crippen LogP contribution in [0.1, 0.15) is 41.0 Å². The predicted octanol–water partition coefficient (Wildman–Crippen LogP) is 2.37. The molecule has 0 spiro atoms. The third-order valence-corrected chi connectivity index (χ3v) is 4.27. The number of nitrogens with one attached hydrogen (secondary N) is 1. The van der Waals surface area contributed by atoms with Gasteiger partial charge in [-0.05, 0) is 18.3 Å². The Bertz CT molecular complexity index is 231. The Morgan fingerprint density at radius 3 is 2.39 bits per heavy atom. The lowest BCUT2D eigenvalue weighted by Crippen LogP contribution is -2.62. The summed E-state index contributed by atoms with van der Waals surface area (Å²) in [7, 11) is 1.82. The second kappa shape index (κ2) is 7.46. The van der Waals surface area contributed by atoms with E-state index in [4.69, 9.17) is 4.74 Å². The van der Waals surface area contributed by atoms with Crippen LogP contribution in [0, 0.1) is 11.8 Å². The van der Waals surface area contributed by atoms with Crippen LogP contribution in [0.25, 0.3) is 0 Å². The summed E-state index contributed by atoms with van der Waals surface area (Å²) in [4.78, 5) is 2.70. The number of piperazine rings is 1. The van der Waals surface area contributed by atoms with Gasteiger partial charge in [0.05, 0.1) is 6.61 Å². The second-order valence-corrected chi connectivity index (χ2v) is 6.29. The van der Waals surface area contributed by atoms with Gasteiger partial charge in [-0.25, -0.2) is 0 Å². The van der Waals surface area contributed by atoms with Gasteiger partial charge in [-0.2, -0.15) is 0 Å². The first kappa shape index (κ1) is 15.9. The zero-order chi connectivity index (χ0) is 13.7. The lowest BCUT2D eigenvalue weighted by atomic mass is 9.92. The van der Waals surface area contributed by atoms with Crippen LogP contribution in [0.5, 0.6) is 0 Å². The van der Waals surface area contributed by atoms with Crippen LogP contribution in [0.4, 0.5) is 0 Å². The van der Waals surface area contributed by atoms with E-state index in [1.807, 2.05) is 7.11 Å². The predicted molar refractivity (Wildman–Crippen MR) is 77.9 cm³/mol. The molecular weight excluding hydrogens is 224 g/mol. The zero-order valence-electron chi connectivity index (χ0n) is 13.1. The summed E-state index contributed by atoms with van der Waals surface area (Å²) >= 11 is 0. The van der Waals surface area contributed by atoms with Crippen molar-refractivity contribution in [3.63, 3.8) is 0 Å². The standard InChI is InChI=1S/C15H32N2O/c1-7-13-9-17(14(8-16-13)11(2)3)15(10-18-6)12(4)5/h11-16H,7-10H2,1-6H3. The number of ether oxygens (including phenoxy) is 1. The molecule has 0 aromatic carbocycles. The summed E-state index contributed by atoms with van der Waals surface area (Å²) < 4.78 is 5.45. The van der Waals surface area contributed by atoms with E-state index in [0.29, 0.717) is 30.0 Å². The Kier molecular flexibility index (Phi) is 6.61. The minimum atomic E-state index is 0.540. The van der Waals surface area contributed by atoms with Crippen molar-refractivity contribution in [3.8, 4) is 0 Å². The highest BCUT2D eigenvalue weighted by Crippen LogP contribution is 2.23. The van der Waals surface area contributed by atoms with E-state index >= 15 is 0 Å². The molecule has 1 aliphatic rings. The molecule has 3 heteroatoms. The number of nitrogens with zero attached hydrogens (tertiary/aromatic N) is 1. The highest BCUT2D eigenvalue weighted by molar-refractivity contribution is 4.91. The fourth-order valence-corrected chi connectivity index (χ4v) is 2.97. The lowest BCUT2D eigenvalue weighted by Gasteiger charge is -2.47. The molecule has 108 valence electrons. The molecule has 0 aliphatic carbocycles. The molecule has 1 rings (SSSR count). The Hall–Kier alpha value is -0.120. The van der Waals surface area contributed by atoms with Crippen molar-refractivity contribution in [1.82, 2.24) is 10.2 Å². The maximum atomic E-state index is 5.45. The molecule has 0 saturated carbocycles. The molecule has 0 radical (unpaired) electrons. The number of methoxy groups -OCH3 is 1. The van der Waals surface area contributed by atoms with Gasteiger partial charge in [-0.15, -0.1) is 0 Å². The van der Waals surface area contributed by atoms with Gasteiger partial charge in [-0.3, -0.25) is 4.90 Å². The fraction of sp³-hybridized carbons (Fsp3) is 1.00. The van der Waals surface area contributed by atoms with E-state index < -0.39 is 0 Å². The highest BCUT2D eigenvalue weighted by Gasteiger charge is 2.34. The highest BCUT2D eigenvalue weighted by atomic mass is 16.5. The summed E-state index contributed by atoms with van der Waals surface area (Å²) in [6, 6.07) is 1.81. The number of hydrogen-bond donors (Lipinski definition) is 1. The Balaban J connectivity index is 2.80.